The molecule has 1 saturated carbocycles. The molecule has 2 aromatic heterocycles. The highest BCUT2D eigenvalue weighted by atomic mass is 32.2. The lowest BCUT2D eigenvalue weighted by Gasteiger charge is -2.25. The van der Waals surface area contributed by atoms with Crippen LogP contribution in [0.1, 0.15) is 19.4 Å². The van der Waals surface area contributed by atoms with Gasteiger partial charge in [-0.05, 0) is 12.7 Å². The Morgan fingerprint density at radius 3 is 2.77 bits per heavy atom. The number of fused-ring (bicyclic) bond motifs is 1. The number of rotatable bonds is 3. The highest BCUT2D eigenvalue weighted by molar-refractivity contribution is 7.98. The first-order chi connectivity index (χ1) is 10.4. The van der Waals surface area contributed by atoms with Crippen molar-refractivity contribution in [2.24, 2.45) is 5.41 Å². The van der Waals surface area contributed by atoms with Crippen LogP contribution in [0.5, 0.6) is 0 Å². The lowest BCUT2D eigenvalue weighted by Crippen LogP contribution is -2.36. The molecular weight excluding hydrogens is 306 g/mol. The van der Waals surface area contributed by atoms with E-state index in [-0.39, 0.29) is 12.4 Å². The van der Waals surface area contributed by atoms with Gasteiger partial charge in [-0.3, -0.25) is 0 Å². The van der Waals surface area contributed by atoms with E-state index >= 15 is 0 Å². The summed E-state index contributed by atoms with van der Waals surface area (Å²) in [5.74, 6) is 0.283. The molecule has 0 aromatic carbocycles. The average molecular weight is 325 g/mol. The van der Waals surface area contributed by atoms with E-state index in [1.54, 1.807) is 17.8 Å². The fourth-order valence-corrected chi connectivity index (χ4v) is 3.38. The van der Waals surface area contributed by atoms with Crippen LogP contribution in [0.2, 0.25) is 0 Å². The Kier molecular flexibility index (Phi) is 3.76. The van der Waals surface area contributed by atoms with E-state index in [0.29, 0.717) is 22.7 Å². The number of aliphatic hydroxyl groups is 3. The maximum Gasteiger partial charge on any atom is 0.191 e. The molecule has 0 radical (unpaired) electrons. The molecule has 4 atom stereocenters. The first kappa shape index (κ1) is 15.5. The second-order valence-corrected chi connectivity index (χ2v) is 6.71. The second kappa shape index (κ2) is 5.34. The summed E-state index contributed by atoms with van der Waals surface area (Å²) in [6.45, 7) is 1.54. The summed E-state index contributed by atoms with van der Waals surface area (Å²) < 4.78 is 1.71. The van der Waals surface area contributed by atoms with Gasteiger partial charge in [0.15, 0.2) is 16.6 Å². The predicted molar refractivity (Wildman–Crippen MR) is 82.4 cm³/mol. The summed E-state index contributed by atoms with van der Waals surface area (Å²) in [4.78, 5) is 12.8. The molecule has 0 aliphatic heterocycles. The van der Waals surface area contributed by atoms with E-state index in [9.17, 15) is 15.3 Å². The van der Waals surface area contributed by atoms with E-state index in [1.165, 1.54) is 11.8 Å². The summed E-state index contributed by atoms with van der Waals surface area (Å²) in [5, 5.41) is 30.6. The number of anilines is 1. The predicted octanol–water partition coefficient (Wildman–Crippen LogP) is -0.204. The molecule has 120 valence electrons. The van der Waals surface area contributed by atoms with Gasteiger partial charge >= 0.3 is 0 Å². The highest BCUT2D eigenvalue weighted by Gasteiger charge is 2.50. The van der Waals surface area contributed by atoms with Crippen LogP contribution in [0.4, 0.5) is 5.82 Å². The van der Waals surface area contributed by atoms with Crippen LogP contribution in [-0.2, 0) is 0 Å². The van der Waals surface area contributed by atoms with Crippen LogP contribution in [-0.4, -0.2) is 59.9 Å². The van der Waals surface area contributed by atoms with Gasteiger partial charge in [-0.2, -0.15) is 0 Å². The topological polar surface area (TPSA) is 130 Å². The normalized spacial score (nSPS) is 32.0. The van der Waals surface area contributed by atoms with E-state index in [4.69, 9.17) is 5.73 Å². The SMILES string of the molecule is CSc1nc(N)c2ncn([C@@H]3C[C@](C)(CO)[C@@H](O)[C@H]3O)c2n1. The molecule has 0 unspecified atom stereocenters. The van der Waals surface area contributed by atoms with E-state index in [2.05, 4.69) is 15.0 Å². The molecule has 0 amide bonds. The number of hydrogen-bond acceptors (Lipinski definition) is 8. The van der Waals surface area contributed by atoms with Crippen molar-refractivity contribution in [1.29, 1.82) is 0 Å². The Labute approximate surface area is 131 Å². The van der Waals surface area contributed by atoms with Gasteiger partial charge in [0.25, 0.3) is 0 Å². The molecule has 3 rings (SSSR count). The minimum atomic E-state index is -1.01. The fraction of sp³-hybridized carbons (Fsp3) is 0.615. The maximum atomic E-state index is 10.4. The second-order valence-electron chi connectivity index (χ2n) is 5.94. The Hall–Kier alpha value is -1.42. The third-order valence-electron chi connectivity index (χ3n) is 4.44. The zero-order valence-corrected chi connectivity index (χ0v) is 13.2. The van der Waals surface area contributed by atoms with E-state index in [1.807, 2.05) is 6.26 Å². The summed E-state index contributed by atoms with van der Waals surface area (Å²) in [6, 6.07) is -0.429. The number of thioether (sulfide) groups is 1. The summed E-state index contributed by atoms with van der Waals surface area (Å²) in [6.07, 6.45) is 1.78. The number of nitrogens with zero attached hydrogens (tertiary/aromatic N) is 4. The number of aromatic nitrogens is 4. The van der Waals surface area contributed by atoms with Gasteiger partial charge in [0, 0.05) is 5.41 Å². The number of nitrogens with two attached hydrogens (primary N) is 1. The van der Waals surface area contributed by atoms with Crippen molar-refractivity contribution < 1.29 is 15.3 Å². The minimum Gasteiger partial charge on any atom is -0.396 e. The van der Waals surface area contributed by atoms with Crippen LogP contribution in [0.3, 0.4) is 0 Å². The van der Waals surface area contributed by atoms with Crippen LogP contribution in [0.25, 0.3) is 11.2 Å². The fourth-order valence-electron chi connectivity index (χ4n) is 3.01. The van der Waals surface area contributed by atoms with Gasteiger partial charge in [-0.15, -0.1) is 0 Å². The molecule has 1 aliphatic rings. The zero-order chi connectivity index (χ0) is 16.1. The smallest absolute Gasteiger partial charge is 0.191 e. The van der Waals surface area contributed by atoms with Crippen molar-refractivity contribution in [2.45, 2.75) is 36.8 Å². The van der Waals surface area contributed by atoms with Crippen molar-refractivity contribution in [3.8, 4) is 0 Å². The Balaban J connectivity index is 2.09. The summed E-state index contributed by atoms with van der Waals surface area (Å²) in [7, 11) is 0. The number of nitrogen functional groups attached to an aromatic ring is 1. The molecule has 0 spiro atoms. The molecule has 1 fully saturated rings. The molecule has 9 heteroatoms. The largest absolute Gasteiger partial charge is 0.396 e. The Morgan fingerprint density at radius 1 is 1.45 bits per heavy atom. The van der Waals surface area contributed by atoms with Crippen molar-refractivity contribution in [3.05, 3.63) is 6.33 Å². The summed E-state index contributed by atoms with van der Waals surface area (Å²) in [5.41, 5.74) is 6.12. The van der Waals surface area contributed by atoms with Crippen molar-refractivity contribution in [3.63, 3.8) is 0 Å². The first-order valence-corrected chi connectivity index (χ1v) is 8.15. The molecule has 1 aliphatic carbocycles. The summed E-state index contributed by atoms with van der Waals surface area (Å²) >= 11 is 1.36. The third kappa shape index (κ3) is 2.16. The van der Waals surface area contributed by atoms with Crippen LogP contribution in [0.15, 0.2) is 11.5 Å². The van der Waals surface area contributed by atoms with Gasteiger partial charge in [0.05, 0.1) is 25.1 Å². The van der Waals surface area contributed by atoms with Crippen molar-refractivity contribution >= 4 is 28.7 Å². The minimum absolute atomic E-state index is 0.207. The molecule has 5 N–H and O–H groups in total. The molecule has 2 heterocycles. The van der Waals surface area contributed by atoms with Crippen LogP contribution >= 0.6 is 11.8 Å². The van der Waals surface area contributed by atoms with Gasteiger partial charge < -0.3 is 25.6 Å². The highest BCUT2D eigenvalue weighted by Crippen LogP contribution is 2.45. The quantitative estimate of drug-likeness (QED) is 0.451. The van der Waals surface area contributed by atoms with Crippen molar-refractivity contribution in [2.75, 3.05) is 18.6 Å². The Bertz CT molecular complexity index is 708. The van der Waals surface area contributed by atoms with Crippen LogP contribution in [0, 0.1) is 5.41 Å². The lowest BCUT2D eigenvalue weighted by atomic mass is 9.87. The molecule has 0 bridgehead atoms. The molecule has 8 nitrogen and oxygen atoms in total. The van der Waals surface area contributed by atoms with Gasteiger partial charge in [0.2, 0.25) is 0 Å². The molecule has 0 saturated heterocycles. The van der Waals surface area contributed by atoms with Crippen molar-refractivity contribution in [1.82, 2.24) is 19.5 Å². The molecule has 22 heavy (non-hydrogen) atoms. The van der Waals surface area contributed by atoms with Crippen LogP contribution < -0.4 is 5.73 Å². The number of hydrogen-bond donors (Lipinski definition) is 4. The third-order valence-corrected chi connectivity index (χ3v) is 4.98. The van der Waals surface area contributed by atoms with E-state index < -0.39 is 23.7 Å². The van der Waals surface area contributed by atoms with Gasteiger partial charge in [-0.25, -0.2) is 15.0 Å². The standard InChI is InChI=1S/C13H19N5O3S/c1-13(4-19)3-6(8(20)9(13)21)18-5-15-7-10(14)16-12(22-2)17-11(7)18/h5-6,8-9,19-21H,3-4H2,1-2H3,(H2,14,16,17)/t6-,8+,9+,13-/m1/s1. The number of aliphatic hydroxyl groups excluding tert-OH is 3. The Morgan fingerprint density at radius 2 is 2.18 bits per heavy atom. The van der Waals surface area contributed by atoms with Gasteiger partial charge in [0.1, 0.15) is 11.6 Å². The van der Waals surface area contributed by atoms with Gasteiger partial charge in [-0.1, -0.05) is 18.7 Å². The zero-order valence-electron chi connectivity index (χ0n) is 12.3. The molecular formula is C13H19N5O3S. The maximum absolute atomic E-state index is 10.4. The average Bonchev–Trinajstić information content (AvgIpc) is 3.03. The first-order valence-electron chi connectivity index (χ1n) is 6.92. The monoisotopic (exact) mass is 325 g/mol. The number of imidazole rings is 1. The van der Waals surface area contributed by atoms with E-state index in [0.717, 1.165) is 0 Å². The molecule has 2 aromatic rings. The lowest BCUT2D eigenvalue weighted by molar-refractivity contribution is -0.0403.